The van der Waals surface area contributed by atoms with Crippen LogP contribution in [0.5, 0.6) is 0 Å². The molecule has 0 saturated heterocycles. The number of urea groups is 1. The third-order valence-corrected chi connectivity index (χ3v) is 7.61. The van der Waals surface area contributed by atoms with Crippen molar-refractivity contribution >= 4 is 50.9 Å². The van der Waals surface area contributed by atoms with E-state index in [2.05, 4.69) is 10.6 Å². The number of thioether (sulfide) groups is 1. The lowest BCUT2D eigenvalue weighted by Crippen LogP contribution is -2.36. The maximum Gasteiger partial charge on any atom is 0.325 e. The number of carbonyl (C=O) groups is 2. The quantitative estimate of drug-likeness (QED) is 0.411. The minimum absolute atomic E-state index is 0.00689. The molecule has 0 unspecified atom stereocenters. The summed E-state index contributed by atoms with van der Waals surface area (Å²) in [5, 5.41) is 6.33. The number of benzene rings is 1. The second-order valence-electron chi connectivity index (χ2n) is 8.00. The number of nitrogens with zero attached hydrogens (tertiary/aromatic N) is 2. The van der Waals surface area contributed by atoms with Gasteiger partial charge < -0.3 is 5.32 Å². The summed E-state index contributed by atoms with van der Waals surface area (Å²) in [5.74, 6) is -0.448. The van der Waals surface area contributed by atoms with Crippen LogP contribution < -0.4 is 16.2 Å². The Morgan fingerprint density at radius 3 is 2.81 bits per heavy atom. The van der Waals surface area contributed by atoms with Crippen LogP contribution in [0.3, 0.4) is 0 Å². The molecular weight excluding hydrogens is 444 g/mol. The van der Waals surface area contributed by atoms with Crippen LogP contribution in [0.1, 0.15) is 41.3 Å². The van der Waals surface area contributed by atoms with Crippen molar-refractivity contribution in [2.24, 2.45) is 0 Å². The molecule has 7 nitrogen and oxygen atoms in total. The fourth-order valence-electron chi connectivity index (χ4n) is 3.99. The lowest BCUT2D eigenvalue weighted by Gasteiger charge is -2.12. The van der Waals surface area contributed by atoms with Gasteiger partial charge in [-0.1, -0.05) is 36.4 Å². The highest BCUT2D eigenvalue weighted by Gasteiger charge is 2.23. The maximum absolute atomic E-state index is 13.2. The number of amides is 3. The number of rotatable bonds is 6. The number of nitrogens with one attached hydrogen (secondary N) is 2. The minimum atomic E-state index is -0.577. The van der Waals surface area contributed by atoms with Gasteiger partial charge in [-0.25, -0.2) is 9.78 Å². The van der Waals surface area contributed by atoms with Gasteiger partial charge in [-0.15, -0.1) is 11.3 Å². The summed E-state index contributed by atoms with van der Waals surface area (Å²) < 4.78 is 1.67. The van der Waals surface area contributed by atoms with E-state index in [0.717, 1.165) is 52.6 Å². The van der Waals surface area contributed by atoms with Crippen LogP contribution >= 0.6 is 23.1 Å². The number of aryl methyl sites for hydroxylation is 4. The molecule has 1 aliphatic rings. The van der Waals surface area contributed by atoms with Crippen LogP contribution in [-0.4, -0.2) is 27.2 Å². The number of hydrogen-bond donors (Lipinski definition) is 2. The Kier molecular flexibility index (Phi) is 6.66. The van der Waals surface area contributed by atoms with Crippen molar-refractivity contribution in [1.29, 1.82) is 0 Å². The van der Waals surface area contributed by atoms with E-state index in [0.29, 0.717) is 17.4 Å². The van der Waals surface area contributed by atoms with Gasteiger partial charge in [-0.2, -0.15) is 0 Å². The summed E-state index contributed by atoms with van der Waals surface area (Å²) in [5.41, 5.74) is 3.81. The first kappa shape index (κ1) is 22.5. The number of fused-ring (bicyclic) bond motifs is 3. The van der Waals surface area contributed by atoms with Gasteiger partial charge in [0.25, 0.3) is 5.56 Å². The van der Waals surface area contributed by atoms with Crippen LogP contribution in [0.4, 0.5) is 10.5 Å². The Hall–Kier alpha value is -2.65. The van der Waals surface area contributed by atoms with E-state index in [9.17, 15) is 14.4 Å². The minimum Gasteiger partial charge on any atom is -0.307 e. The normalized spacial score (nSPS) is 12.7. The molecule has 0 bridgehead atoms. The number of thiophene rings is 1. The molecule has 3 aromatic rings. The molecule has 0 radical (unpaired) electrons. The van der Waals surface area contributed by atoms with E-state index in [1.165, 1.54) is 16.6 Å². The molecule has 0 fully saturated rings. The molecule has 9 heteroatoms. The van der Waals surface area contributed by atoms with Crippen molar-refractivity contribution in [2.45, 2.75) is 58.2 Å². The molecule has 0 saturated carbocycles. The molecule has 4 rings (SSSR count). The molecule has 0 atom stereocenters. The lowest BCUT2D eigenvalue weighted by atomic mass is 10.1. The average molecular weight is 471 g/mol. The first-order valence-corrected chi connectivity index (χ1v) is 12.5. The van der Waals surface area contributed by atoms with Crippen molar-refractivity contribution in [1.82, 2.24) is 14.9 Å². The van der Waals surface area contributed by atoms with Gasteiger partial charge in [0.15, 0.2) is 5.16 Å². The van der Waals surface area contributed by atoms with E-state index >= 15 is 0 Å². The summed E-state index contributed by atoms with van der Waals surface area (Å²) >= 11 is 2.77. The van der Waals surface area contributed by atoms with Crippen LogP contribution in [0.2, 0.25) is 0 Å². The number of imide groups is 1. The molecule has 168 valence electrons. The Morgan fingerprint density at radius 1 is 1.25 bits per heavy atom. The second kappa shape index (κ2) is 9.46. The van der Waals surface area contributed by atoms with Gasteiger partial charge in [-0.3, -0.25) is 19.5 Å². The fraction of sp³-hybridized carbons (Fsp3) is 0.391. The zero-order chi connectivity index (χ0) is 22.8. The molecule has 2 aromatic heterocycles. The largest absolute Gasteiger partial charge is 0.325 e. The van der Waals surface area contributed by atoms with Crippen LogP contribution in [0.15, 0.2) is 28.2 Å². The van der Waals surface area contributed by atoms with E-state index < -0.39 is 11.9 Å². The highest BCUT2D eigenvalue weighted by molar-refractivity contribution is 7.99. The first-order chi connectivity index (χ1) is 15.4. The molecule has 1 aliphatic carbocycles. The third-order valence-electron chi connectivity index (χ3n) is 5.45. The molecule has 1 aromatic carbocycles. The third kappa shape index (κ3) is 4.59. The fourth-order valence-corrected chi connectivity index (χ4v) is 6.12. The molecule has 32 heavy (non-hydrogen) atoms. The molecular formula is C23H26N4O3S2. The smallest absolute Gasteiger partial charge is 0.307 e. The van der Waals surface area contributed by atoms with Gasteiger partial charge >= 0.3 is 6.03 Å². The molecule has 2 heterocycles. The van der Waals surface area contributed by atoms with Crippen LogP contribution in [0, 0.1) is 13.8 Å². The zero-order valence-electron chi connectivity index (χ0n) is 18.4. The van der Waals surface area contributed by atoms with Gasteiger partial charge in [0.2, 0.25) is 5.91 Å². The Balaban J connectivity index is 1.46. The summed E-state index contributed by atoms with van der Waals surface area (Å²) in [7, 11) is 0. The van der Waals surface area contributed by atoms with Gasteiger partial charge in [0, 0.05) is 17.1 Å². The number of anilines is 1. The summed E-state index contributed by atoms with van der Waals surface area (Å²) in [6, 6.07) is 5.09. The van der Waals surface area contributed by atoms with Crippen LogP contribution in [0.25, 0.3) is 10.2 Å². The van der Waals surface area contributed by atoms with Gasteiger partial charge in [-0.05, 0) is 56.7 Å². The Morgan fingerprint density at radius 2 is 2.06 bits per heavy atom. The van der Waals surface area contributed by atoms with Crippen molar-refractivity contribution in [3.05, 3.63) is 50.1 Å². The van der Waals surface area contributed by atoms with Crippen molar-refractivity contribution in [3.8, 4) is 0 Å². The van der Waals surface area contributed by atoms with E-state index in [4.69, 9.17) is 4.98 Å². The SMILES string of the molecule is CCCn1c(SCC(=O)NC(=O)Nc2ccc(C)cc2C)nc2sc3c(c2c1=O)CCC3. The topological polar surface area (TPSA) is 93.1 Å². The van der Waals surface area contributed by atoms with Gasteiger partial charge in [0.05, 0.1) is 11.1 Å². The van der Waals surface area contributed by atoms with Crippen molar-refractivity contribution < 1.29 is 9.59 Å². The average Bonchev–Trinajstić information content (AvgIpc) is 3.32. The molecule has 2 N–H and O–H groups in total. The molecule has 0 spiro atoms. The van der Waals surface area contributed by atoms with Crippen LogP contribution in [-0.2, 0) is 24.2 Å². The monoisotopic (exact) mass is 470 g/mol. The number of hydrogen-bond acceptors (Lipinski definition) is 6. The predicted octanol–water partition coefficient (Wildman–Crippen LogP) is 4.41. The number of carbonyl (C=O) groups excluding carboxylic acids is 2. The van der Waals surface area contributed by atoms with Crippen molar-refractivity contribution in [3.63, 3.8) is 0 Å². The highest BCUT2D eigenvalue weighted by Crippen LogP contribution is 2.35. The zero-order valence-corrected chi connectivity index (χ0v) is 20.0. The standard InChI is InChI=1S/C23H26N4O3S2/c1-4-10-27-21(29)19-15-6-5-7-17(15)32-20(19)26-23(27)31-12-18(28)25-22(30)24-16-9-8-13(2)11-14(16)3/h8-9,11H,4-7,10,12H2,1-3H3,(H2,24,25,28,30). The van der Waals surface area contributed by atoms with Gasteiger partial charge in [0.1, 0.15) is 4.83 Å². The maximum atomic E-state index is 13.2. The first-order valence-electron chi connectivity index (χ1n) is 10.7. The van der Waals surface area contributed by atoms with E-state index in [1.807, 2.05) is 39.0 Å². The summed E-state index contributed by atoms with van der Waals surface area (Å²) in [6.07, 6.45) is 3.82. The summed E-state index contributed by atoms with van der Waals surface area (Å²) in [6.45, 7) is 6.43. The molecule has 3 amide bonds. The Bertz CT molecular complexity index is 1260. The highest BCUT2D eigenvalue weighted by atomic mass is 32.2. The predicted molar refractivity (Wildman–Crippen MR) is 130 cm³/mol. The number of aromatic nitrogens is 2. The van der Waals surface area contributed by atoms with E-state index in [1.54, 1.807) is 15.9 Å². The lowest BCUT2D eigenvalue weighted by molar-refractivity contribution is -0.117. The molecule has 0 aliphatic heterocycles. The van der Waals surface area contributed by atoms with Crippen molar-refractivity contribution in [2.75, 3.05) is 11.1 Å². The summed E-state index contributed by atoms with van der Waals surface area (Å²) in [4.78, 5) is 44.5. The van der Waals surface area contributed by atoms with E-state index in [-0.39, 0.29) is 11.3 Å². The second-order valence-corrected chi connectivity index (χ2v) is 10.0. The Labute approximate surface area is 194 Å².